The summed E-state index contributed by atoms with van der Waals surface area (Å²) in [5.41, 5.74) is 0.797. The third-order valence-corrected chi connectivity index (χ3v) is 2.48. The Morgan fingerprint density at radius 3 is 3.07 bits per heavy atom. The number of aromatic nitrogens is 4. The molecule has 1 unspecified atom stereocenters. The summed E-state index contributed by atoms with van der Waals surface area (Å²) in [6.45, 7) is 0. The van der Waals surface area contributed by atoms with E-state index < -0.39 is 6.10 Å². The Morgan fingerprint density at radius 1 is 1.64 bits per heavy atom. The highest BCUT2D eigenvalue weighted by Crippen LogP contribution is 2.14. The zero-order valence-corrected chi connectivity index (χ0v) is 8.48. The van der Waals surface area contributed by atoms with Crippen LogP contribution in [0.1, 0.15) is 17.6 Å². The molecular formula is C8H10N4OS. The van der Waals surface area contributed by atoms with E-state index in [0.717, 1.165) is 17.4 Å². The molecule has 1 atom stereocenters. The minimum Gasteiger partial charge on any atom is -0.385 e. The van der Waals surface area contributed by atoms with Crippen molar-refractivity contribution in [2.75, 3.05) is 0 Å². The van der Waals surface area contributed by atoms with Gasteiger partial charge in [0.1, 0.15) is 11.9 Å². The van der Waals surface area contributed by atoms with E-state index in [1.807, 2.05) is 7.05 Å². The van der Waals surface area contributed by atoms with Crippen LogP contribution in [-0.2, 0) is 13.5 Å². The quantitative estimate of drug-likeness (QED) is 0.803. The molecule has 0 aromatic carbocycles. The predicted octanol–water partition coefficient (Wildman–Crippen LogP) is 0.548. The van der Waals surface area contributed by atoms with Crippen LogP contribution < -0.4 is 0 Å². The molecule has 0 radical (unpaired) electrons. The average molecular weight is 210 g/mol. The van der Waals surface area contributed by atoms with Crippen LogP contribution in [0.2, 0.25) is 0 Å². The summed E-state index contributed by atoms with van der Waals surface area (Å²) in [6, 6.07) is 0. The zero-order valence-electron chi connectivity index (χ0n) is 7.66. The first-order chi connectivity index (χ1) is 6.77. The lowest BCUT2D eigenvalue weighted by Crippen LogP contribution is -2.08. The molecule has 0 bridgehead atoms. The van der Waals surface area contributed by atoms with Crippen molar-refractivity contribution in [3.8, 4) is 0 Å². The maximum Gasteiger partial charge on any atom is 0.137 e. The van der Waals surface area contributed by atoms with Crippen LogP contribution in [0.5, 0.6) is 0 Å². The van der Waals surface area contributed by atoms with Gasteiger partial charge >= 0.3 is 0 Å². The molecule has 0 spiro atoms. The minimum atomic E-state index is -0.612. The number of rotatable bonds is 3. The molecule has 74 valence electrons. The summed E-state index contributed by atoms with van der Waals surface area (Å²) in [5.74, 6) is 0.651. The standard InChI is InChI=1S/C8H10N4OS/c1-12-3-2-9-8(12)7(13)4-6-5-10-14-11-6/h2-3,5,7,13H,4H2,1H3. The largest absolute Gasteiger partial charge is 0.385 e. The van der Waals surface area contributed by atoms with Crippen molar-refractivity contribution in [1.82, 2.24) is 18.3 Å². The van der Waals surface area contributed by atoms with Crippen molar-refractivity contribution in [2.45, 2.75) is 12.5 Å². The summed E-state index contributed by atoms with van der Waals surface area (Å²) in [5, 5.41) is 9.82. The molecular weight excluding hydrogens is 200 g/mol. The number of aliphatic hydroxyl groups excluding tert-OH is 1. The van der Waals surface area contributed by atoms with Gasteiger partial charge in [0.25, 0.3) is 0 Å². The second kappa shape index (κ2) is 3.85. The van der Waals surface area contributed by atoms with Gasteiger partial charge in [0.2, 0.25) is 0 Å². The summed E-state index contributed by atoms with van der Waals surface area (Å²) < 4.78 is 9.70. The molecule has 6 heteroatoms. The van der Waals surface area contributed by atoms with Crippen LogP contribution >= 0.6 is 11.7 Å². The third-order valence-electron chi connectivity index (χ3n) is 1.97. The Bertz CT molecular complexity index is 397. The van der Waals surface area contributed by atoms with Crippen LogP contribution in [0.4, 0.5) is 0 Å². The Labute approximate surface area is 85.4 Å². The monoisotopic (exact) mass is 210 g/mol. The molecule has 2 rings (SSSR count). The van der Waals surface area contributed by atoms with Gasteiger partial charge in [-0.1, -0.05) is 0 Å². The zero-order chi connectivity index (χ0) is 9.97. The summed E-state index contributed by atoms with van der Waals surface area (Å²) in [4.78, 5) is 4.06. The highest BCUT2D eigenvalue weighted by atomic mass is 32.1. The maximum atomic E-state index is 9.82. The van der Waals surface area contributed by atoms with E-state index >= 15 is 0 Å². The van der Waals surface area contributed by atoms with Gasteiger partial charge in [0.05, 0.1) is 23.6 Å². The van der Waals surface area contributed by atoms with Gasteiger partial charge in [-0.2, -0.15) is 8.75 Å². The number of hydrogen-bond acceptors (Lipinski definition) is 5. The SMILES string of the molecule is Cn1ccnc1C(O)Cc1cnsn1. The molecule has 5 nitrogen and oxygen atoms in total. The van der Waals surface area contributed by atoms with Gasteiger partial charge < -0.3 is 9.67 Å². The van der Waals surface area contributed by atoms with Gasteiger partial charge in [-0.25, -0.2) is 4.98 Å². The van der Waals surface area contributed by atoms with Crippen molar-refractivity contribution < 1.29 is 5.11 Å². The first-order valence-electron chi connectivity index (χ1n) is 4.19. The molecule has 0 saturated carbocycles. The molecule has 0 amide bonds. The lowest BCUT2D eigenvalue weighted by molar-refractivity contribution is 0.164. The maximum absolute atomic E-state index is 9.82. The first kappa shape index (κ1) is 9.29. The van der Waals surface area contributed by atoms with Crippen LogP contribution in [0.3, 0.4) is 0 Å². The van der Waals surface area contributed by atoms with Crippen molar-refractivity contribution in [1.29, 1.82) is 0 Å². The smallest absolute Gasteiger partial charge is 0.137 e. The fraction of sp³-hybridized carbons (Fsp3) is 0.375. The topological polar surface area (TPSA) is 63.8 Å². The molecule has 2 aromatic rings. The third kappa shape index (κ3) is 1.80. The fourth-order valence-electron chi connectivity index (χ4n) is 1.26. The van der Waals surface area contributed by atoms with E-state index in [9.17, 15) is 5.11 Å². The summed E-state index contributed by atoms with van der Waals surface area (Å²) >= 11 is 1.14. The molecule has 14 heavy (non-hydrogen) atoms. The summed E-state index contributed by atoms with van der Waals surface area (Å²) in [7, 11) is 1.85. The molecule has 0 saturated heterocycles. The Hall–Kier alpha value is -1.27. The Morgan fingerprint density at radius 2 is 2.50 bits per heavy atom. The van der Waals surface area contributed by atoms with Crippen molar-refractivity contribution in [3.63, 3.8) is 0 Å². The number of aliphatic hydroxyl groups is 1. The van der Waals surface area contributed by atoms with E-state index in [0.29, 0.717) is 12.2 Å². The second-order valence-electron chi connectivity index (χ2n) is 3.02. The fourth-order valence-corrected chi connectivity index (χ4v) is 1.70. The van der Waals surface area contributed by atoms with Gasteiger partial charge in [0, 0.05) is 25.9 Å². The lowest BCUT2D eigenvalue weighted by Gasteiger charge is -2.07. The number of nitrogens with zero attached hydrogens (tertiary/aromatic N) is 4. The molecule has 0 aliphatic rings. The molecule has 2 heterocycles. The van der Waals surface area contributed by atoms with E-state index in [-0.39, 0.29) is 0 Å². The van der Waals surface area contributed by atoms with Gasteiger partial charge in [-0.05, 0) is 0 Å². The molecule has 0 aliphatic carbocycles. The van der Waals surface area contributed by atoms with Crippen molar-refractivity contribution >= 4 is 11.7 Å². The molecule has 2 aromatic heterocycles. The van der Waals surface area contributed by atoms with E-state index in [4.69, 9.17) is 0 Å². The highest BCUT2D eigenvalue weighted by molar-refractivity contribution is 6.99. The normalized spacial score (nSPS) is 13.0. The van der Waals surface area contributed by atoms with Crippen LogP contribution in [0, 0.1) is 0 Å². The summed E-state index contributed by atoms with van der Waals surface area (Å²) in [6.07, 6.45) is 4.98. The Kier molecular flexibility index (Phi) is 2.55. The molecule has 0 aliphatic heterocycles. The van der Waals surface area contributed by atoms with Gasteiger partial charge in [-0.3, -0.25) is 0 Å². The number of hydrogen-bond donors (Lipinski definition) is 1. The van der Waals surface area contributed by atoms with Gasteiger partial charge in [-0.15, -0.1) is 0 Å². The Balaban J connectivity index is 2.10. The van der Waals surface area contributed by atoms with E-state index in [2.05, 4.69) is 13.7 Å². The van der Waals surface area contributed by atoms with Crippen LogP contribution in [0.15, 0.2) is 18.6 Å². The molecule has 0 fully saturated rings. The second-order valence-corrected chi connectivity index (χ2v) is 3.57. The van der Waals surface area contributed by atoms with Crippen molar-refractivity contribution in [2.24, 2.45) is 7.05 Å². The van der Waals surface area contributed by atoms with Crippen LogP contribution in [0.25, 0.3) is 0 Å². The number of aryl methyl sites for hydroxylation is 1. The molecule has 1 N–H and O–H groups in total. The predicted molar refractivity (Wildman–Crippen MR) is 51.8 cm³/mol. The average Bonchev–Trinajstić information content (AvgIpc) is 2.75. The van der Waals surface area contributed by atoms with E-state index in [1.165, 1.54) is 0 Å². The van der Waals surface area contributed by atoms with Crippen molar-refractivity contribution in [3.05, 3.63) is 30.1 Å². The number of imidazole rings is 1. The minimum absolute atomic E-state index is 0.460. The lowest BCUT2D eigenvalue weighted by atomic mass is 10.2. The first-order valence-corrected chi connectivity index (χ1v) is 4.92. The van der Waals surface area contributed by atoms with Gasteiger partial charge in [0.15, 0.2) is 0 Å². The highest BCUT2D eigenvalue weighted by Gasteiger charge is 2.14. The van der Waals surface area contributed by atoms with E-state index in [1.54, 1.807) is 23.2 Å². The van der Waals surface area contributed by atoms with Crippen LogP contribution in [-0.4, -0.2) is 23.4 Å².